The van der Waals surface area contributed by atoms with Crippen LogP contribution in [0.15, 0.2) is 12.1 Å². The summed E-state index contributed by atoms with van der Waals surface area (Å²) in [5, 5.41) is 6.16. The van der Waals surface area contributed by atoms with Crippen molar-refractivity contribution in [1.29, 1.82) is 0 Å². The maximum Gasteiger partial charge on any atom is 0.229 e. The Balaban J connectivity index is 2.12. The average Bonchev–Trinajstić information content (AvgIpc) is 2.42. The molecule has 1 aromatic heterocycles. The average molecular weight is 310 g/mol. The highest BCUT2D eigenvalue weighted by Gasteiger charge is 2.07. The minimum atomic E-state index is -0.170. The molecule has 0 aliphatic carbocycles. The highest BCUT2D eigenvalue weighted by atomic mass is 35.5. The van der Waals surface area contributed by atoms with Crippen molar-refractivity contribution in [3.05, 3.63) is 39.9 Å². The Labute approximate surface area is 128 Å². The Morgan fingerprint density at radius 3 is 2.19 bits per heavy atom. The van der Waals surface area contributed by atoms with Gasteiger partial charge in [-0.1, -0.05) is 12.1 Å². The highest BCUT2D eigenvalue weighted by molar-refractivity contribution is 6.28. The van der Waals surface area contributed by atoms with Gasteiger partial charge in [-0.15, -0.1) is 0 Å². The van der Waals surface area contributed by atoms with Gasteiger partial charge in [0.05, 0.1) is 0 Å². The van der Waals surface area contributed by atoms with Crippen LogP contribution in [0.2, 0.25) is 5.28 Å². The smallest absolute Gasteiger partial charge is 0.229 e. The fourth-order valence-electron chi connectivity index (χ4n) is 1.99. The molecule has 2 aromatic rings. The molecule has 5 nitrogen and oxygen atoms in total. The topological polar surface area (TPSA) is 62.7 Å². The number of anilines is 2. The van der Waals surface area contributed by atoms with Gasteiger partial charge >= 0.3 is 0 Å². The first-order chi connectivity index (χ1) is 9.99. The molecule has 0 bridgehead atoms. The van der Waals surface area contributed by atoms with Gasteiger partial charge in [0.25, 0.3) is 0 Å². The molecule has 0 aliphatic heterocycles. The second kappa shape index (κ2) is 6.67. The SMILES string of the molecule is CCNc1nc(Cl)nc(NCc2cc(C)c(F)c(C)c2)n1. The van der Waals surface area contributed by atoms with Gasteiger partial charge in [0, 0.05) is 13.1 Å². The number of nitrogens with zero attached hydrogens (tertiary/aromatic N) is 3. The lowest BCUT2D eigenvalue weighted by molar-refractivity contribution is 0.608. The van der Waals surface area contributed by atoms with Crippen LogP contribution in [-0.2, 0) is 6.54 Å². The number of rotatable bonds is 5. The molecule has 7 heteroatoms. The van der Waals surface area contributed by atoms with Gasteiger partial charge in [0.2, 0.25) is 17.2 Å². The maximum absolute atomic E-state index is 13.6. The quantitative estimate of drug-likeness (QED) is 0.887. The molecule has 0 aliphatic rings. The van der Waals surface area contributed by atoms with E-state index in [1.807, 2.05) is 6.92 Å². The largest absolute Gasteiger partial charge is 0.354 e. The molecule has 0 saturated carbocycles. The van der Waals surface area contributed by atoms with Crippen LogP contribution in [0, 0.1) is 19.7 Å². The predicted octanol–water partition coefficient (Wildman–Crippen LogP) is 3.32. The number of aromatic nitrogens is 3. The third kappa shape index (κ3) is 4.01. The molecule has 0 unspecified atom stereocenters. The minimum absolute atomic E-state index is 0.120. The second-order valence-corrected chi connectivity index (χ2v) is 5.02. The molecule has 1 heterocycles. The highest BCUT2D eigenvalue weighted by Crippen LogP contribution is 2.16. The molecule has 0 saturated heterocycles. The number of hydrogen-bond acceptors (Lipinski definition) is 5. The van der Waals surface area contributed by atoms with E-state index >= 15 is 0 Å². The van der Waals surface area contributed by atoms with Crippen LogP contribution in [0.5, 0.6) is 0 Å². The van der Waals surface area contributed by atoms with Gasteiger partial charge in [-0.2, -0.15) is 15.0 Å². The van der Waals surface area contributed by atoms with E-state index < -0.39 is 0 Å². The number of nitrogens with one attached hydrogen (secondary N) is 2. The van der Waals surface area contributed by atoms with E-state index in [-0.39, 0.29) is 11.1 Å². The molecular weight excluding hydrogens is 293 g/mol. The van der Waals surface area contributed by atoms with Crippen LogP contribution in [0.4, 0.5) is 16.3 Å². The summed E-state index contributed by atoms with van der Waals surface area (Å²) in [5.41, 5.74) is 2.19. The third-order valence-corrected chi connectivity index (χ3v) is 3.06. The minimum Gasteiger partial charge on any atom is -0.354 e. The molecule has 0 spiro atoms. The van der Waals surface area contributed by atoms with Crippen LogP contribution >= 0.6 is 11.6 Å². The molecular formula is C14H17ClFN5. The van der Waals surface area contributed by atoms with Gasteiger partial charge in [-0.25, -0.2) is 4.39 Å². The first kappa shape index (κ1) is 15.4. The molecule has 0 amide bonds. The second-order valence-electron chi connectivity index (χ2n) is 4.68. The van der Waals surface area contributed by atoms with Crippen molar-refractivity contribution in [1.82, 2.24) is 15.0 Å². The Hall–Kier alpha value is -1.95. The van der Waals surface area contributed by atoms with E-state index in [9.17, 15) is 4.39 Å². The van der Waals surface area contributed by atoms with Gasteiger partial charge in [-0.3, -0.25) is 0 Å². The number of halogens is 2. The van der Waals surface area contributed by atoms with E-state index in [4.69, 9.17) is 11.6 Å². The van der Waals surface area contributed by atoms with E-state index in [1.165, 1.54) is 0 Å². The number of hydrogen-bond donors (Lipinski definition) is 2. The summed E-state index contributed by atoms with van der Waals surface area (Å²) >= 11 is 5.85. The van der Waals surface area contributed by atoms with Crippen LogP contribution in [0.3, 0.4) is 0 Å². The summed E-state index contributed by atoms with van der Waals surface area (Å²) in [4.78, 5) is 12.2. The zero-order valence-corrected chi connectivity index (χ0v) is 12.9. The van der Waals surface area contributed by atoms with Gasteiger partial charge < -0.3 is 10.6 Å². The number of benzene rings is 1. The summed E-state index contributed by atoms with van der Waals surface area (Å²) in [6.07, 6.45) is 0. The van der Waals surface area contributed by atoms with Gasteiger partial charge in [0.1, 0.15) is 5.82 Å². The predicted molar refractivity (Wildman–Crippen MR) is 82.2 cm³/mol. The number of aryl methyl sites for hydroxylation is 2. The Morgan fingerprint density at radius 2 is 1.62 bits per heavy atom. The Morgan fingerprint density at radius 1 is 1.05 bits per heavy atom. The first-order valence-electron chi connectivity index (χ1n) is 6.64. The van der Waals surface area contributed by atoms with E-state index in [2.05, 4.69) is 25.6 Å². The van der Waals surface area contributed by atoms with E-state index in [0.29, 0.717) is 36.1 Å². The van der Waals surface area contributed by atoms with Crippen LogP contribution in [0.1, 0.15) is 23.6 Å². The van der Waals surface area contributed by atoms with Crippen molar-refractivity contribution in [2.75, 3.05) is 17.2 Å². The zero-order chi connectivity index (χ0) is 15.4. The van der Waals surface area contributed by atoms with Gasteiger partial charge in [0.15, 0.2) is 0 Å². The van der Waals surface area contributed by atoms with Crippen molar-refractivity contribution in [2.45, 2.75) is 27.3 Å². The van der Waals surface area contributed by atoms with Crippen LogP contribution in [0.25, 0.3) is 0 Å². The summed E-state index contributed by atoms with van der Waals surface area (Å²) in [7, 11) is 0. The molecule has 0 atom stereocenters. The standard InChI is InChI=1S/C14H17ClFN5/c1-4-17-13-19-12(15)20-14(21-13)18-7-10-5-8(2)11(16)9(3)6-10/h5-6H,4,7H2,1-3H3,(H2,17,18,19,20,21). The molecule has 0 radical (unpaired) electrons. The van der Waals surface area contributed by atoms with Crippen molar-refractivity contribution < 1.29 is 4.39 Å². The van der Waals surface area contributed by atoms with E-state index in [0.717, 1.165) is 5.56 Å². The summed E-state index contributed by atoms with van der Waals surface area (Å²) in [6.45, 7) is 6.60. The summed E-state index contributed by atoms with van der Waals surface area (Å²) in [6, 6.07) is 3.59. The van der Waals surface area contributed by atoms with Crippen molar-refractivity contribution >= 4 is 23.5 Å². The van der Waals surface area contributed by atoms with Crippen molar-refractivity contribution in [3.63, 3.8) is 0 Å². The lowest BCUT2D eigenvalue weighted by Gasteiger charge is -2.09. The van der Waals surface area contributed by atoms with Gasteiger partial charge in [-0.05, 0) is 49.1 Å². The lowest BCUT2D eigenvalue weighted by Crippen LogP contribution is -2.09. The van der Waals surface area contributed by atoms with Crippen LogP contribution in [-0.4, -0.2) is 21.5 Å². The van der Waals surface area contributed by atoms with Crippen molar-refractivity contribution in [3.8, 4) is 0 Å². The van der Waals surface area contributed by atoms with E-state index in [1.54, 1.807) is 26.0 Å². The Bertz CT molecular complexity index is 624. The molecule has 112 valence electrons. The molecule has 2 N–H and O–H groups in total. The fraction of sp³-hybridized carbons (Fsp3) is 0.357. The Kier molecular flexibility index (Phi) is 4.90. The summed E-state index contributed by atoms with van der Waals surface area (Å²) < 4.78 is 13.6. The van der Waals surface area contributed by atoms with Crippen LogP contribution < -0.4 is 10.6 Å². The first-order valence-corrected chi connectivity index (χ1v) is 7.02. The lowest BCUT2D eigenvalue weighted by atomic mass is 10.1. The molecule has 1 aromatic carbocycles. The fourth-order valence-corrected chi connectivity index (χ4v) is 2.15. The molecule has 2 rings (SSSR count). The zero-order valence-electron chi connectivity index (χ0n) is 12.2. The third-order valence-electron chi connectivity index (χ3n) is 2.89. The molecule has 21 heavy (non-hydrogen) atoms. The summed E-state index contributed by atoms with van der Waals surface area (Å²) in [5.74, 6) is 0.633. The van der Waals surface area contributed by atoms with Crippen molar-refractivity contribution in [2.24, 2.45) is 0 Å². The molecule has 0 fully saturated rings. The maximum atomic E-state index is 13.6. The monoisotopic (exact) mass is 309 g/mol. The normalized spacial score (nSPS) is 10.5.